The molecule has 3 rings (SSSR count). The lowest BCUT2D eigenvalue weighted by atomic mass is 10.0. The molecule has 1 amide bonds. The van der Waals surface area contributed by atoms with Crippen LogP contribution in [0.3, 0.4) is 0 Å². The molecular formula is C17H23ClN4O2S. The van der Waals surface area contributed by atoms with Gasteiger partial charge in [0.2, 0.25) is 5.89 Å². The summed E-state index contributed by atoms with van der Waals surface area (Å²) in [5.41, 5.74) is 6.49. The summed E-state index contributed by atoms with van der Waals surface area (Å²) in [5, 5.41) is 6.94. The first-order chi connectivity index (χ1) is 11.7. The normalized spacial score (nSPS) is 19.4. The number of halogens is 1. The van der Waals surface area contributed by atoms with Crippen LogP contribution in [-0.2, 0) is 5.75 Å². The molecule has 1 aliphatic carbocycles. The number of thioether (sulfide) groups is 1. The van der Waals surface area contributed by atoms with Gasteiger partial charge < -0.3 is 15.6 Å². The van der Waals surface area contributed by atoms with Crippen molar-refractivity contribution >= 4 is 30.1 Å². The Balaban J connectivity index is 0.00000225. The molecule has 0 saturated heterocycles. The zero-order chi connectivity index (χ0) is 16.9. The first-order valence-corrected chi connectivity index (χ1v) is 9.18. The van der Waals surface area contributed by atoms with E-state index in [1.54, 1.807) is 6.92 Å². The highest BCUT2D eigenvalue weighted by Gasteiger charge is 2.28. The van der Waals surface area contributed by atoms with Gasteiger partial charge in [-0.3, -0.25) is 4.79 Å². The minimum Gasteiger partial charge on any atom is -0.349 e. The van der Waals surface area contributed by atoms with Gasteiger partial charge in [-0.05, 0) is 44.4 Å². The van der Waals surface area contributed by atoms with Gasteiger partial charge in [0.1, 0.15) is 0 Å². The summed E-state index contributed by atoms with van der Waals surface area (Å²) in [6.45, 7) is 2.41. The van der Waals surface area contributed by atoms with E-state index in [-0.39, 0.29) is 24.4 Å². The standard InChI is InChI=1S/C17H22N4O2S.ClH/c1-11-19-16(23-21-11)10-24-15-8-3-2-6-13(15)17(22)20-14-7-4-5-12(14)9-18;/h2-3,6,8,12,14H,4-5,7,9-10,18H2,1H3,(H,20,22);1H. The Morgan fingerprint density at radius 1 is 1.40 bits per heavy atom. The van der Waals surface area contributed by atoms with Crippen LogP contribution in [0.25, 0.3) is 0 Å². The third-order valence-electron chi connectivity index (χ3n) is 4.33. The number of nitrogens with zero attached hydrogens (tertiary/aromatic N) is 2. The van der Waals surface area contributed by atoms with E-state index in [0.29, 0.717) is 35.5 Å². The largest absolute Gasteiger partial charge is 0.349 e. The summed E-state index contributed by atoms with van der Waals surface area (Å²) in [6, 6.07) is 7.78. The molecule has 3 N–H and O–H groups in total. The molecule has 1 aromatic carbocycles. The van der Waals surface area contributed by atoms with Crippen molar-refractivity contribution in [1.29, 1.82) is 0 Å². The lowest BCUT2D eigenvalue weighted by Crippen LogP contribution is -2.40. The van der Waals surface area contributed by atoms with Crippen molar-refractivity contribution in [3.63, 3.8) is 0 Å². The molecule has 0 radical (unpaired) electrons. The molecule has 6 nitrogen and oxygen atoms in total. The molecule has 1 heterocycles. The molecule has 0 aliphatic heterocycles. The second-order valence-corrected chi connectivity index (χ2v) is 7.04. The topological polar surface area (TPSA) is 94.0 Å². The number of nitrogens with two attached hydrogens (primary N) is 1. The number of nitrogens with one attached hydrogen (secondary N) is 1. The predicted octanol–water partition coefficient (Wildman–Crippen LogP) is 2.95. The lowest BCUT2D eigenvalue weighted by Gasteiger charge is -2.20. The zero-order valence-electron chi connectivity index (χ0n) is 14.1. The van der Waals surface area contributed by atoms with E-state index in [4.69, 9.17) is 10.3 Å². The Morgan fingerprint density at radius 3 is 2.92 bits per heavy atom. The molecule has 136 valence electrons. The van der Waals surface area contributed by atoms with Crippen LogP contribution in [0.4, 0.5) is 0 Å². The van der Waals surface area contributed by atoms with Crippen LogP contribution >= 0.6 is 24.2 Å². The average Bonchev–Trinajstić information content (AvgIpc) is 3.21. The predicted molar refractivity (Wildman–Crippen MR) is 99.9 cm³/mol. The number of hydrogen-bond donors (Lipinski definition) is 2. The molecule has 0 bridgehead atoms. The smallest absolute Gasteiger partial charge is 0.252 e. The number of rotatable bonds is 6. The third-order valence-corrected chi connectivity index (χ3v) is 5.39. The fraction of sp³-hybridized carbons (Fsp3) is 0.471. The molecule has 0 spiro atoms. The van der Waals surface area contributed by atoms with Crippen molar-refractivity contribution in [2.45, 2.75) is 42.9 Å². The monoisotopic (exact) mass is 382 g/mol. The minimum atomic E-state index is -0.0369. The lowest BCUT2D eigenvalue weighted by molar-refractivity contribution is 0.0926. The highest BCUT2D eigenvalue weighted by atomic mass is 35.5. The number of aryl methyl sites for hydroxylation is 1. The van der Waals surface area contributed by atoms with E-state index in [9.17, 15) is 4.79 Å². The number of carbonyl (C=O) groups is 1. The number of amides is 1. The highest BCUT2D eigenvalue weighted by Crippen LogP contribution is 2.28. The molecule has 1 saturated carbocycles. The van der Waals surface area contributed by atoms with Crippen molar-refractivity contribution in [1.82, 2.24) is 15.5 Å². The van der Waals surface area contributed by atoms with Crippen LogP contribution in [0.1, 0.15) is 41.3 Å². The van der Waals surface area contributed by atoms with Crippen molar-refractivity contribution in [3.8, 4) is 0 Å². The summed E-state index contributed by atoms with van der Waals surface area (Å²) in [4.78, 5) is 17.8. The summed E-state index contributed by atoms with van der Waals surface area (Å²) < 4.78 is 5.13. The second-order valence-electron chi connectivity index (χ2n) is 6.03. The van der Waals surface area contributed by atoms with Crippen molar-refractivity contribution in [2.24, 2.45) is 11.7 Å². The summed E-state index contributed by atoms with van der Waals surface area (Å²) in [6.07, 6.45) is 3.22. The van der Waals surface area contributed by atoms with Gasteiger partial charge in [-0.25, -0.2) is 0 Å². The van der Waals surface area contributed by atoms with Gasteiger partial charge in [0.15, 0.2) is 5.82 Å². The van der Waals surface area contributed by atoms with E-state index < -0.39 is 0 Å². The zero-order valence-corrected chi connectivity index (χ0v) is 15.7. The van der Waals surface area contributed by atoms with Crippen LogP contribution in [0.2, 0.25) is 0 Å². The molecule has 2 unspecified atom stereocenters. The van der Waals surface area contributed by atoms with E-state index in [2.05, 4.69) is 15.5 Å². The fourth-order valence-electron chi connectivity index (χ4n) is 3.07. The maximum absolute atomic E-state index is 12.7. The first kappa shape index (κ1) is 19.8. The number of aromatic nitrogens is 2. The van der Waals surface area contributed by atoms with E-state index in [1.807, 2.05) is 24.3 Å². The van der Waals surface area contributed by atoms with Gasteiger partial charge in [0, 0.05) is 10.9 Å². The highest BCUT2D eigenvalue weighted by molar-refractivity contribution is 7.98. The number of hydrogen-bond acceptors (Lipinski definition) is 6. The van der Waals surface area contributed by atoms with Crippen molar-refractivity contribution < 1.29 is 9.32 Å². The van der Waals surface area contributed by atoms with Crippen LogP contribution in [0.5, 0.6) is 0 Å². The van der Waals surface area contributed by atoms with Gasteiger partial charge >= 0.3 is 0 Å². The molecule has 2 atom stereocenters. The first-order valence-electron chi connectivity index (χ1n) is 8.19. The van der Waals surface area contributed by atoms with Crippen molar-refractivity contribution in [2.75, 3.05) is 6.54 Å². The van der Waals surface area contributed by atoms with Crippen LogP contribution in [-0.4, -0.2) is 28.6 Å². The van der Waals surface area contributed by atoms with E-state index in [0.717, 1.165) is 24.2 Å². The summed E-state index contributed by atoms with van der Waals surface area (Å²) >= 11 is 1.52. The van der Waals surface area contributed by atoms with Gasteiger partial charge in [-0.1, -0.05) is 23.7 Å². The van der Waals surface area contributed by atoms with Gasteiger partial charge in [-0.2, -0.15) is 4.98 Å². The Bertz CT molecular complexity index is 709. The molecule has 25 heavy (non-hydrogen) atoms. The van der Waals surface area contributed by atoms with Gasteiger partial charge in [0.25, 0.3) is 5.91 Å². The number of benzene rings is 1. The molecule has 8 heteroatoms. The Labute approximate surface area is 157 Å². The Morgan fingerprint density at radius 2 is 2.20 bits per heavy atom. The fourth-order valence-corrected chi connectivity index (χ4v) is 3.96. The molecule has 2 aromatic rings. The molecule has 1 aromatic heterocycles. The van der Waals surface area contributed by atoms with E-state index in [1.165, 1.54) is 11.8 Å². The number of carbonyl (C=O) groups excluding carboxylic acids is 1. The Hall–Kier alpha value is -1.57. The van der Waals surface area contributed by atoms with Gasteiger partial charge in [0.05, 0.1) is 11.3 Å². The summed E-state index contributed by atoms with van der Waals surface area (Å²) in [7, 11) is 0. The van der Waals surface area contributed by atoms with Crippen LogP contribution in [0, 0.1) is 12.8 Å². The summed E-state index contributed by atoms with van der Waals surface area (Å²) in [5.74, 6) is 2.07. The minimum absolute atomic E-state index is 0. The van der Waals surface area contributed by atoms with Crippen LogP contribution < -0.4 is 11.1 Å². The second kappa shape index (κ2) is 9.22. The SMILES string of the molecule is Cc1noc(CSc2ccccc2C(=O)NC2CCCC2CN)n1.Cl. The van der Waals surface area contributed by atoms with E-state index >= 15 is 0 Å². The average molecular weight is 383 g/mol. The molecule has 1 fully saturated rings. The molecule has 1 aliphatic rings. The third kappa shape index (κ3) is 4.96. The quantitative estimate of drug-likeness (QED) is 0.746. The van der Waals surface area contributed by atoms with Gasteiger partial charge in [-0.15, -0.1) is 24.2 Å². The van der Waals surface area contributed by atoms with Crippen molar-refractivity contribution in [3.05, 3.63) is 41.5 Å². The Kier molecular flexibility index (Phi) is 7.28. The maximum atomic E-state index is 12.7. The molecular weight excluding hydrogens is 360 g/mol. The van der Waals surface area contributed by atoms with Crippen LogP contribution in [0.15, 0.2) is 33.7 Å². The maximum Gasteiger partial charge on any atom is 0.252 e.